The van der Waals surface area contributed by atoms with Gasteiger partial charge in [-0.05, 0) is 36.6 Å². The molecule has 2 N–H and O–H groups in total. The van der Waals surface area contributed by atoms with Crippen LogP contribution < -0.4 is 10.9 Å². The lowest BCUT2D eigenvalue weighted by molar-refractivity contribution is 0.359. The summed E-state index contributed by atoms with van der Waals surface area (Å²) in [5.74, 6) is 0.295. The zero-order valence-electron chi connectivity index (χ0n) is 13.7. The summed E-state index contributed by atoms with van der Waals surface area (Å²) in [6.07, 6.45) is 1.56. The maximum absolute atomic E-state index is 13.7. The highest BCUT2D eigenvalue weighted by molar-refractivity contribution is 6.09. The van der Waals surface area contributed by atoms with Gasteiger partial charge in [-0.3, -0.25) is 4.79 Å². The topological polar surface area (TPSA) is 57.8 Å². The Morgan fingerprint density at radius 1 is 1.22 bits per heavy atom. The smallest absolute Gasteiger partial charge is 0.258 e. The Kier molecular flexibility index (Phi) is 3.59. The highest BCUT2D eigenvalue weighted by Gasteiger charge is 2.21. The molecule has 4 nitrogen and oxygen atoms in total. The predicted octanol–water partition coefficient (Wildman–Crippen LogP) is 4.06. The summed E-state index contributed by atoms with van der Waals surface area (Å²) in [6.45, 7) is 8.49. The van der Waals surface area contributed by atoms with Gasteiger partial charge in [-0.2, -0.15) is 0 Å². The quantitative estimate of drug-likeness (QED) is 0.701. The number of benzene rings is 1. The molecule has 3 rings (SSSR count). The molecule has 3 aromatic rings. The molecule has 5 heteroatoms. The third-order valence-corrected chi connectivity index (χ3v) is 4.33. The molecule has 1 aromatic carbocycles. The van der Waals surface area contributed by atoms with Crippen molar-refractivity contribution in [1.82, 2.24) is 9.97 Å². The van der Waals surface area contributed by atoms with Gasteiger partial charge in [0.15, 0.2) is 0 Å². The van der Waals surface area contributed by atoms with Gasteiger partial charge >= 0.3 is 0 Å². The highest BCUT2D eigenvalue weighted by atomic mass is 19.1. The predicted molar refractivity (Wildman–Crippen MR) is 92.4 cm³/mol. The van der Waals surface area contributed by atoms with E-state index in [1.165, 1.54) is 12.1 Å². The minimum atomic E-state index is -0.372. The van der Waals surface area contributed by atoms with Gasteiger partial charge in [0, 0.05) is 23.0 Å². The molecule has 2 aromatic heterocycles. The summed E-state index contributed by atoms with van der Waals surface area (Å²) in [5.41, 5.74) is 0.327. The van der Waals surface area contributed by atoms with Crippen LogP contribution >= 0.6 is 0 Å². The molecule has 1 unspecified atom stereocenters. The average Bonchev–Trinajstić information content (AvgIpc) is 2.45. The summed E-state index contributed by atoms with van der Waals surface area (Å²) in [6, 6.07) is 6.33. The first kappa shape index (κ1) is 15.5. The third kappa shape index (κ3) is 2.79. The Balaban J connectivity index is 2.31. The minimum absolute atomic E-state index is 0.0388. The first-order valence-electron chi connectivity index (χ1n) is 7.64. The van der Waals surface area contributed by atoms with Gasteiger partial charge in [-0.15, -0.1) is 0 Å². The number of aromatic amines is 1. The van der Waals surface area contributed by atoms with E-state index in [1.54, 1.807) is 18.3 Å². The number of fused-ring (bicyclic) bond motifs is 3. The number of aromatic nitrogens is 2. The lowest BCUT2D eigenvalue weighted by Gasteiger charge is -2.29. The molecule has 0 amide bonds. The lowest BCUT2D eigenvalue weighted by atomic mass is 9.88. The van der Waals surface area contributed by atoms with Crippen molar-refractivity contribution in [1.29, 1.82) is 0 Å². The SMILES string of the molecule is CC(Nc1nc2cc[nH]c(=O)c2c2cc(F)ccc12)C(C)(C)C. The summed E-state index contributed by atoms with van der Waals surface area (Å²) in [5, 5.41) is 5.14. The van der Waals surface area contributed by atoms with Gasteiger partial charge in [-0.25, -0.2) is 9.37 Å². The van der Waals surface area contributed by atoms with E-state index in [4.69, 9.17) is 0 Å². The molecule has 1 atom stereocenters. The number of nitrogens with one attached hydrogen (secondary N) is 2. The number of rotatable bonds is 2. The number of hydrogen-bond acceptors (Lipinski definition) is 3. The van der Waals surface area contributed by atoms with Crippen LogP contribution in [0, 0.1) is 11.2 Å². The van der Waals surface area contributed by atoms with E-state index in [1.807, 2.05) is 0 Å². The molecule has 120 valence electrons. The molecule has 0 fully saturated rings. The maximum atomic E-state index is 13.7. The standard InChI is InChI=1S/C18H20FN3O/c1-10(18(2,3)4)21-16-12-6-5-11(19)9-13(12)15-14(22-16)7-8-20-17(15)23/h5-10H,1-4H3,(H,20,23)(H,21,22). The van der Waals surface area contributed by atoms with Crippen molar-refractivity contribution in [3.05, 3.63) is 46.6 Å². The van der Waals surface area contributed by atoms with Gasteiger partial charge in [0.05, 0.1) is 10.9 Å². The van der Waals surface area contributed by atoms with Crippen molar-refractivity contribution >= 4 is 27.5 Å². The first-order valence-corrected chi connectivity index (χ1v) is 7.64. The Bertz CT molecular complexity index is 941. The molecule has 23 heavy (non-hydrogen) atoms. The van der Waals surface area contributed by atoms with E-state index >= 15 is 0 Å². The van der Waals surface area contributed by atoms with E-state index in [0.717, 1.165) is 5.39 Å². The largest absolute Gasteiger partial charge is 0.367 e. The zero-order valence-corrected chi connectivity index (χ0v) is 13.7. The van der Waals surface area contributed by atoms with Crippen LogP contribution in [0.15, 0.2) is 35.3 Å². The molecule has 0 saturated carbocycles. The van der Waals surface area contributed by atoms with Crippen LogP contribution in [0.2, 0.25) is 0 Å². The number of nitrogens with zero attached hydrogens (tertiary/aromatic N) is 1. The summed E-state index contributed by atoms with van der Waals surface area (Å²) >= 11 is 0. The van der Waals surface area contributed by atoms with E-state index in [2.05, 4.69) is 43.0 Å². The second-order valence-corrected chi connectivity index (χ2v) is 6.95. The second-order valence-electron chi connectivity index (χ2n) is 6.95. The summed E-state index contributed by atoms with van der Waals surface area (Å²) < 4.78 is 13.7. The Hall–Kier alpha value is -2.43. The molecular weight excluding hydrogens is 293 g/mol. The third-order valence-electron chi connectivity index (χ3n) is 4.33. The number of pyridine rings is 2. The molecule has 0 aliphatic heterocycles. The van der Waals surface area contributed by atoms with Crippen LogP contribution in [0.5, 0.6) is 0 Å². The molecule has 0 aliphatic carbocycles. The molecular formula is C18H20FN3O. The summed E-state index contributed by atoms with van der Waals surface area (Å²) in [7, 11) is 0. The Labute approximate surface area is 133 Å². The van der Waals surface area contributed by atoms with Crippen molar-refractivity contribution in [2.24, 2.45) is 5.41 Å². The van der Waals surface area contributed by atoms with Crippen LogP contribution in [-0.4, -0.2) is 16.0 Å². The molecule has 0 aliphatic rings. The van der Waals surface area contributed by atoms with Crippen LogP contribution in [-0.2, 0) is 0 Å². The zero-order chi connectivity index (χ0) is 16.8. The second kappa shape index (κ2) is 5.33. The number of hydrogen-bond donors (Lipinski definition) is 2. The van der Waals surface area contributed by atoms with Crippen molar-refractivity contribution < 1.29 is 4.39 Å². The number of H-pyrrole nitrogens is 1. The van der Waals surface area contributed by atoms with Crippen molar-refractivity contribution in [3.63, 3.8) is 0 Å². The van der Waals surface area contributed by atoms with Gasteiger partial charge < -0.3 is 10.3 Å². The van der Waals surface area contributed by atoms with Crippen LogP contribution in [0.1, 0.15) is 27.7 Å². The fourth-order valence-corrected chi connectivity index (χ4v) is 2.46. The summed E-state index contributed by atoms with van der Waals surface area (Å²) in [4.78, 5) is 19.4. The molecule has 0 spiro atoms. The van der Waals surface area contributed by atoms with Gasteiger partial charge in [0.25, 0.3) is 5.56 Å². The molecule has 0 radical (unpaired) electrons. The molecule has 2 heterocycles. The minimum Gasteiger partial charge on any atom is -0.367 e. The number of anilines is 1. The van der Waals surface area contributed by atoms with Crippen LogP contribution in [0.4, 0.5) is 10.2 Å². The maximum Gasteiger partial charge on any atom is 0.258 e. The number of halogens is 1. The fraction of sp³-hybridized carbons (Fsp3) is 0.333. The Morgan fingerprint density at radius 2 is 1.96 bits per heavy atom. The van der Waals surface area contributed by atoms with E-state index < -0.39 is 0 Å². The first-order chi connectivity index (χ1) is 10.8. The van der Waals surface area contributed by atoms with Crippen molar-refractivity contribution in [2.45, 2.75) is 33.7 Å². The monoisotopic (exact) mass is 313 g/mol. The Morgan fingerprint density at radius 3 is 2.65 bits per heavy atom. The average molecular weight is 313 g/mol. The van der Waals surface area contributed by atoms with Gasteiger partial charge in [-0.1, -0.05) is 20.8 Å². The highest BCUT2D eigenvalue weighted by Crippen LogP contribution is 2.30. The van der Waals surface area contributed by atoms with Crippen LogP contribution in [0.25, 0.3) is 21.7 Å². The van der Waals surface area contributed by atoms with Crippen molar-refractivity contribution in [2.75, 3.05) is 5.32 Å². The van der Waals surface area contributed by atoms with Gasteiger partial charge in [0.2, 0.25) is 0 Å². The lowest BCUT2D eigenvalue weighted by Crippen LogP contribution is -2.31. The van der Waals surface area contributed by atoms with E-state index in [0.29, 0.717) is 22.1 Å². The molecule has 0 saturated heterocycles. The van der Waals surface area contributed by atoms with E-state index in [9.17, 15) is 9.18 Å². The van der Waals surface area contributed by atoms with Crippen LogP contribution in [0.3, 0.4) is 0 Å². The van der Waals surface area contributed by atoms with Crippen molar-refractivity contribution in [3.8, 4) is 0 Å². The fourth-order valence-electron chi connectivity index (χ4n) is 2.46. The molecule has 0 bridgehead atoms. The van der Waals surface area contributed by atoms with Gasteiger partial charge in [0.1, 0.15) is 11.6 Å². The van der Waals surface area contributed by atoms with E-state index in [-0.39, 0.29) is 22.8 Å². The normalized spacial score (nSPS) is 13.4.